The average Bonchev–Trinajstić information content (AvgIpc) is 2.74. The monoisotopic (exact) mass is 245 g/mol. The molecule has 0 unspecified atom stereocenters. The Balaban J connectivity index is 2.12. The Morgan fingerprint density at radius 2 is 2.06 bits per heavy atom. The molecule has 16 heavy (non-hydrogen) atoms. The van der Waals surface area contributed by atoms with Crippen molar-refractivity contribution in [1.82, 2.24) is 4.98 Å². The van der Waals surface area contributed by atoms with Gasteiger partial charge in [-0.25, -0.2) is 13.8 Å². The van der Waals surface area contributed by atoms with E-state index in [4.69, 9.17) is 4.42 Å². The van der Waals surface area contributed by atoms with Gasteiger partial charge in [-0.3, -0.25) is 0 Å². The molecule has 2 rings (SSSR count). The molecule has 0 atom stereocenters. The third-order valence-corrected chi connectivity index (χ3v) is 2.77. The Bertz CT molecular complexity index is 487. The van der Waals surface area contributed by atoms with Crippen LogP contribution >= 0.6 is 11.8 Å². The van der Waals surface area contributed by atoms with Gasteiger partial charge in [0.25, 0.3) is 0 Å². The fourth-order valence-corrected chi connectivity index (χ4v) is 1.85. The standard InChI is InChI=1S/C10H6F3NOS/c11-7-4-8(12)10(14-9(7)13)16-5-6-2-1-3-15-6/h1-4H,5H2. The Labute approximate surface area is 93.5 Å². The Hall–Kier alpha value is -1.43. The molecule has 0 spiro atoms. The van der Waals surface area contributed by atoms with Crippen LogP contribution < -0.4 is 0 Å². The smallest absolute Gasteiger partial charge is 0.250 e. The van der Waals surface area contributed by atoms with Gasteiger partial charge in [0.2, 0.25) is 5.95 Å². The summed E-state index contributed by atoms with van der Waals surface area (Å²) in [6.07, 6.45) is 1.48. The van der Waals surface area contributed by atoms with E-state index in [2.05, 4.69) is 4.98 Å². The fourth-order valence-electron chi connectivity index (χ4n) is 1.06. The number of nitrogens with zero attached hydrogens (tertiary/aromatic N) is 1. The molecular weight excluding hydrogens is 239 g/mol. The van der Waals surface area contributed by atoms with Crippen LogP contribution in [0.5, 0.6) is 0 Å². The predicted molar refractivity (Wildman–Crippen MR) is 52.4 cm³/mol. The van der Waals surface area contributed by atoms with E-state index in [0.29, 0.717) is 17.6 Å². The zero-order chi connectivity index (χ0) is 11.5. The van der Waals surface area contributed by atoms with Crippen LogP contribution in [0.25, 0.3) is 0 Å². The Morgan fingerprint density at radius 3 is 2.75 bits per heavy atom. The molecule has 0 saturated carbocycles. The van der Waals surface area contributed by atoms with Crippen LogP contribution in [0, 0.1) is 17.6 Å². The lowest BCUT2D eigenvalue weighted by molar-refractivity contribution is 0.448. The normalized spacial score (nSPS) is 10.7. The molecule has 0 aliphatic heterocycles. The van der Waals surface area contributed by atoms with Crippen molar-refractivity contribution in [3.05, 3.63) is 47.8 Å². The molecule has 0 fully saturated rings. The summed E-state index contributed by atoms with van der Waals surface area (Å²) < 4.78 is 43.5. The summed E-state index contributed by atoms with van der Waals surface area (Å²) in [5, 5.41) is -0.185. The molecule has 2 nitrogen and oxygen atoms in total. The summed E-state index contributed by atoms with van der Waals surface area (Å²) in [5.41, 5.74) is 0. The largest absolute Gasteiger partial charge is 0.468 e. The number of furan rings is 1. The summed E-state index contributed by atoms with van der Waals surface area (Å²) in [7, 11) is 0. The van der Waals surface area contributed by atoms with Crippen LogP contribution in [0.15, 0.2) is 33.9 Å². The minimum absolute atomic E-state index is 0.185. The molecule has 0 amide bonds. The van der Waals surface area contributed by atoms with Gasteiger partial charge in [0.15, 0.2) is 11.6 Å². The third kappa shape index (κ3) is 2.38. The Morgan fingerprint density at radius 1 is 1.25 bits per heavy atom. The van der Waals surface area contributed by atoms with Gasteiger partial charge in [0.05, 0.1) is 12.0 Å². The molecule has 0 saturated heterocycles. The zero-order valence-corrected chi connectivity index (χ0v) is 8.73. The summed E-state index contributed by atoms with van der Waals surface area (Å²) in [5.74, 6) is -2.56. The third-order valence-electron chi connectivity index (χ3n) is 1.79. The van der Waals surface area contributed by atoms with Crippen molar-refractivity contribution in [2.75, 3.05) is 0 Å². The van der Waals surface area contributed by atoms with Crippen LogP contribution in [-0.4, -0.2) is 4.98 Å². The Kier molecular flexibility index (Phi) is 3.19. The molecular formula is C10H6F3NOS. The number of rotatable bonds is 3. The highest BCUT2D eigenvalue weighted by Gasteiger charge is 2.12. The summed E-state index contributed by atoms with van der Waals surface area (Å²) in [6, 6.07) is 3.86. The first kappa shape index (κ1) is 11.1. The van der Waals surface area contributed by atoms with E-state index in [0.717, 1.165) is 11.8 Å². The van der Waals surface area contributed by atoms with Crippen molar-refractivity contribution in [1.29, 1.82) is 0 Å². The SMILES string of the molecule is Fc1cc(F)c(SCc2ccco2)nc1F. The van der Waals surface area contributed by atoms with E-state index >= 15 is 0 Å². The predicted octanol–water partition coefficient (Wildman–Crippen LogP) is 3.38. The molecule has 2 aromatic heterocycles. The average molecular weight is 245 g/mol. The van der Waals surface area contributed by atoms with Crippen LogP contribution in [0.3, 0.4) is 0 Å². The molecule has 0 bridgehead atoms. The molecule has 0 N–H and O–H groups in total. The van der Waals surface area contributed by atoms with Gasteiger partial charge in [-0.2, -0.15) is 4.39 Å². The van der Waals surface area contributed by atoms with Gasteiger partial charge in [0.1, 0.15) is 10.8 Å². The second-order valence-corrected chi connectivity index (χ2v) is 3.88. The van der Waals surface area contributed by atoms with Gasteiger partial charge in [-0.1, -0.05) is 11.8 Å². The molecule has 0 radical (unpaired) electrons. The minimum atomic E-state index is -1.30. The lowest BCUT2D eigenvalue weighted by atomic mass is 10.4. The van der Waals surface area contributed by atoms with Crippen molar-refractivity contribution in [3.63, 3.8) is 0 Å². The summed E-state index contributed by atoms with van der Waals surface area (Å²) >= 11 is 0.941. The topological polar surface area (TPSA) is 26.0 Å². The first-order valence-electron chi connectivity index (χ1n) is 4.33. The van der Waals surface area contributed by atoms with E-state index in [-0.39, 0.29) is 5.03 Å². The number of thioether (sulfide) groups is 1. The van der Waals surface area contributed by atoms with Gasteiger partial charge in [-0.05, 0) is 12.1 Å². The van der Waals surface area contributed by atoms with E-state index in [9.17, 15) is 13.2 Å². The van der Waals surface area contributed by atoms with Crippen LogP contribution in [0.4, 0.5) is 13.2 Å². The second-order valence-electron chi connectivity index (χ2n) is 2.92. The lowest BCUT2D eigenvalue weighted by Gasteiger charge is -2.01. The molecule has 0 aliphatic rings. The van der Waals surface area contributed by atoms with Crippen molar-refractivity contribution in [3.8, 4) is 0 Å². The molecule has 84 valence electrons. The summed E-state index contributed by atoms with van der Waals surface area (Å²) in [4.78, 5) is 3.18. The maximum Gasteiger partial charge on any atom is 0.250 e. The van der Waals surface area contributed by atoms with Crippen molar-refractivity contribution in [2.45, 2.75) is 10.8 Å². The molecule has 6 heteroatoms. The number of pyridine rings is 1. The first-order chi connectivity index (χ1) is 7.66. The van der Waals surface area contributed by atoms with E-state index in [1.807, 2.05) is 0 Å². The zero-order valence-electron chi connectivity index (χ0n) is 7.91. The van der Waals surface area contributed by atoms with Crippen LogP contribution in [-0.2, 0) is 5.75 Å². The van der Waals surface area contributed by atoms with Crippen LogP contribution in [0.1, 0.15) is 5.76 Å². The fraction of sp³-hybridized carbons (Fsp3) is 0.100. The van der Waals surface area contributed by atoms with Gasteiger partial charge in [-0.15, -0.1) is 0 Å². The maximum absolute atomic E-state index is 13.1. The highest BCUT2D eigenvalue weighted by molar-refractivity contribution is 7.98. The highest BCUT2D eigenvalue weighted by atomic mass is 32.2. The van der Waals surface area contributed by atoms with Crippen molar-refractivity contribution >= 4 is 11.8 Å². The lowest BCUT2D eigenvalue weighted by Crippen LogP contribution is -1.95. The first-order valence-corrected chi connectivity index (χ1v) is 5.32. The summed E-state index contributed by atoms with van der Waals surface area (Å²) in [6.45, 7) is 0. The highest BCUT2D eigenvalue weighted by Crippen LogP contribution is 2.24. The number of aromatic nitrogens is 1. The minimum Gasteiger partial charge on any atom is -0.468 e. The van der Waals surface area contributed by atoms with E-state index in [1.165, 1.54) is 6.26 Å². The molecule has 0 aliphatic carbocycles. The van der Waals surface area contributed by atoms with Crippen molar-refractivity contribution < 1.29 is 17.6 Å². The molecule has 0 aromatic carbocycles. The second kappa shape index (κ2) is 4.61. The van der Waals surface area contributed by atoms with Gasteiger partial charge < -0.3 is 4.42 Å². The quantitative estimate of drug-likeness (QED) is 0.612. The van der Waals surface area contributed by atoms with Gasteiger partial charge >= 0.3 is 0 Å². The number of hydrogen-bond acceptors (Lipinski definition) is 3. The number of halogens is 3. The van der Waals surface area contributed by atoms with E-state index < -0.39 is 17.6 Å². The van der Waals surface area contributed by atoms with E-state index in [1.54, 1.807) is 12.1 Å². The number of hydrogen-bond donors (Lipinski definition) is 0. The van der Waals surface area contributed by atoms with Crippen molar-refractivity contribution in [2.24, 2.45) is 0 Å². The van der Waals surface area contributed by atoms with Gasteiger partial charge in [0, 0.05) is 6.07 Å². The maximum atomic E-state index is 13.1. The molecule has 2 aromatic rings. The molecule has 2 heterocycles. The van der Waals surface area contributed by atoms with Crippen LogP contribution in [0.2, 0.25) is 0 Å².